The Kier molecular flexibility index (Phi) is 7.31. The number of benzene rings is 2. The number of aliphatic hydroxyl groups excluding tert-OH is 1. The zero-order valence-corrected chi connectivity index (χ0v) is 23.1. The van der Waals surface area contributed by atoms with Gasteiger partial charge in [-0.25, -0.2) is 0 Å². The van der Waals surface area contributed by atoms with Gasteiger partial charge in [0, 0.05) is 86.8 Å². The Morgan fingerprint density at radius 1 is 1.10 bits per heavy atom. The van der Waals surface area contributed by atoms with Crippen molar-refractivity contribution in [3.63, 3.8) is 0 Å². The second kappa shape index (κ2) is 11.1. The van der Waals surface area contributed by atoms with E-state index in [4.69, 9.17) is 5.10 Å². The fraction of sp³-hybridized carbons (Fsp3) is 0.433. The van der Waals surface area contributed by atoms with Crippen LogP contribution in [0.3, 0.4) is 0 Å². The first kappa shape index (κ1) is 27.1. The van der Waals surface area contributed by atoms with E-state index >= 15 is 0 Å². The second-order valence-electron chi connectivity index (χ2n) is 11.2. The van der Waals surface area contributed by atoms with Crippen LogP contribution in [0, 0.1) is 10.1 Å². The predicted octanol–water partition coefficient (Wildman–Crippen LogP) is 2.78. The zero-order chi connectivity index (χ0) is 28.7. The Bertz CT molecular complexity index is 1480. The number of β-amino-alcohol motifs (C(OH)–C–C–N with tert-alkyl or cyclic N) is 1. The number of nitro groups is 1. The first-order valence-corrected chi connectivity index (χ1v) is 14.2. The summed E-state index contributed by atoms with van der Waals surface area (Å²) in [5.74, 6) is 0.154. The molecule has 0 saturated carbocycles. The number of carbonyl (C=O) groups is 2. The SMILES string of the molecule is CC(=O)N1CCc2c(c(-c3ccc([N+](=O)[O-])cc3)nn2CC(O)CN2CCC(N3C(=O)Cc4ccccc43)CC2)C1. The van der Waals surface area contributed by atoms with Gasteiger partial charge in [-0.05, 0) is 36.6 Å². The summed E-state index contributed by atoms with van der Waals surface area (Å²) >= 11 is 0. The van der Waals surface area contributed by atoms with Crippen LogP contribution in [0.2, 0.25) is 0 Å². The number of aromatic nitrogens is 2. The van der Waals surface area contributed by atoms with Gasteiger partial charge in [0.1, 0.15) is 0 Å². The third-order valence-electron chi connectivity index (χ3n) is 8.57. The smallest absolute Gasteiger partial charge is 0.269 e. The number of likely N-dealkylation sites (tertiary alicyclic amines) is 1. The molecule has 214 valence electrons. The lowest BCUT2D eigenvalue weighted by atomic mass is 10.0. The lowest BCUT2D eigenvalue weighted by molar-refractivity contribution is -0.384. The average molecular weight is 559 g/mol. The molecule has 1 atom stereocenters. The molecule has 0 bridgehead atoms. The van der Waals surface area contributed by atoms with Crippen LogP contribution < -0.4 is 4.90 Å². The summed E-state index contributed by atoms with van der Waals surface area (Å²) in [6, 6.07) is 14.5. The molecule has 3 aliphatic rings. The van der Waals surface area contributed by atoms with Crippen molar-refractivity contribution in [3.8, 4) is 11.3 Å². The van der Waals surface area contributed by atoms with Gasteiger partial charge in [0.15, 0.2) is 0 Å². The Labute approximate surface area is 238 Å². The maximum atomic E-state index is 12.7. The van der Waals surface area contributed by atoms with Crippen molar-refractivity contribution in [2.24, 2.45) is 0 Å². The van der Waals surface area contributed by atoms with Crippen molar-refractivity contribution >= 4 is 23.2 Å². The highest BCUT2D eigenvalue weighted by Gasteiger charge is 2.35. The van der Waals surface area contributed by atoms with Crippen LogP contribution in [0.4, 0.5) is 11.4 Å². The van der Waals surface area contributed by atoms with E-state index < -0.39 is 11.0 Å². The second-order valence-corrected chi connectivity index (χ2v) is 11.2. The van der Waals surface area contributed by atoms with Gasteiger partial charge in [-0.1, -0.05) is 18.2 Å². The van der Waals surface area contributed by atoms with Gasteiger partial charge in [0.2, 0.25) is 11.8 Å². The third kappa shape index (κ3) is 5.34. The van der Waals surface area contributed by atoms with Crippen molar-refractivity contribution in [2.75, 3.05) is 31.1 Å². The van der Waals surface area contributed by atoms with Gasteiger partial charge in [0.25, 0.3) is 5.69 Å². The first-order valence-electron chi connectivity index (χ1n) is 14.2. The number of rotatable bonds is 7. The van der Waals surface area contributed by atoms with Crippen LogP contribution in [0.5, 0.6) is 0 Å². The summed E-state index contributed by atoms with van der Waals surface area (Å²) in [5.41, 5.74) is 5.47. The van der Waals surface area contributed by atoms with Crippen molar-refractivity contribution in [1.29, 1.82) is 0 Å². The number of hydrogen-bond donors (Lipinski definition) is 1. The first-order chi connectivity index (χ1) is 19.8. The molecular formula is C30H34N6O5. The number of carbonyl (C=O) groups excluding carboxylic acids is 2. The largest absolute Gasteiger partial charge is 0.390 e. The summed E-state index contributed by atoms with van der Waals surface area (Å²) in [6.45, 7) is 4.95. The van der Waals surface area contributed by atoms with E-state index in [2.05, 4.69) is 4.90 Å². The number of anilines is 1. The summed E-state index contributed by atoms with van der Waals surface area (Å²) in [4.78, 5) is 41.5. The number of fused-ring (bicyclic) bond motifs is 2. The van der Waals surface area contributed by atoms with Crippen molar-refractivity contribution in [2.45, 2.75) is 57.8 Å². The van der Waals surface area contributed by atoms with Crippen molar-refractivity contribution in [3.05, 3.63) is 75.5 Å². The van der Waals surface area contributed by atoms with Gasteiger partial charge in [-0.2, -0.15) is 5.10 Å². The molecule has 0 radical (unpaired) electrons. The molecule has 2 aromatic carbocycles. The number of aliphatic hydroxyl groups is 1. The molecule has 11 nitrogen and oxygen atoms in total. The molecule has 1 N–H and O–H groups in total. The highest BCUT2D eigenvalue weighted by molar-refractivity contribution is 6.01. The Morgan fingerprint density at radius 2 is 1.83 bits per heavy atom. The minimum absolute atomic E-state index is 0.00455. The van der Waals surface area contributed by atoms with Gasteiger partial charge in [-0.15, -0.1) is 0 Å². The minimum Gasteiger partial charge on any atom is -0.390 e. The van der Waals surface area contributed by atoms with Crippen LogP contribution in [-0.2, 0) is 35.5 Å². The van der Waals surface area contributed by atoms with E-state index in [1.165, 1.54) is 12.1 Å². The van der Waals surface area contributed by atoms with Gasteiger partial charge >= 0.3 is 0 Å². The molecule has 41 heavy (non-hydrogen) atoms. The van der Waals surface area contributed by atoms with Gasteiger partial charge < -0.3 is 19.8 Å². The molecule has 1 fully saturated rings. The molecule has 1 unspecified atom stereocenters. The Morgan fingerprint density at radius 3 is 2.54 bits per heavy atom. The number of nitrogens with zero attached hydrogens (tertiary/aromatic N) is 6. The number of nitro benzene ring substituents is 1. The standard InChI is InChI=1S/C30H34N6O5/c1-20(37)33-15-12-28-26(19-33)30(21-6-8-24(9-7-21)36(40)41)31-34(28)18-25(38)17-32-13-10-23(11-14-32)35-27-5-3-2-4-22(27)16-29(35)39/h2-9,23,25,38H,10-19H2,1H3. The molecule has 3 aliphatic heterocycles. The summed E-state index contributed by atoms with van der Waals surface area (Å²) in [7, 11) is 0. The number of amides is 2. The third-order valence-corrected chi connectivity index (χ3v) is 8.57. The maximum absolute atomic E-state index is 12.7. The minimum atomic E-state index is -0.653. The number of non-ortho nitro benzene ring substituents is 1. The van der Waals surface area contributed by atoms with Crippen molar-refractivity contribution in [1.82, 2.24) is 19.6 Å². The summed E-state index contributed by atoms with van der Waals surface area (Å²) in [6.07, 6.45) is 2.15. The fourth-order valence-electron chi connectivity index (χ4n) is 6.48. The van der Waals surface area contributed by atoms with Crippen molar-refractivity contribution < 1.29 is 19.6 Å². The number of hydrogen-bond acceptors (Lipinski definition) is 7. The van der Waals surface area contributed by atoms with Crippen LogP contribution in [0.15, 0.2) is 48.5 Å². The molecule has 6 rings (SSSR count). The molecule has 2 amide bonds. The monoisotopic (exact) mass is 558 g/mol. The highest BCUT2D eigenvalue weighted by atomic mass is 16.6. The van der Waals surface area contributed by atoms with E-state index in [-0.39, 0.29) is 23.5 Å². The number of para-hydroxylation sites is 1. The molecule has 11 heteroatoms. The number of piperidine rings is 1. The van der Waals surface area contributed by atoms with Crippen LogP contribution in [-0.4, -0.2) is 79.7 Å². The van der Waals surface area contributed by atoms with Crippen LogP contribution >= 0.6 is 0 Å². The predicted molar refractivity (Wildman–Crippen MR) is 152 cm³/mol. The molecule has 1 saturated heterocycles. The lowest BCUT2D eigenvalue weighted by Gasteiger charge is -2.37. The Hall–Kier alpha value is -4.09. The van der Waals surface area contributed by atoms with E-state index in [9.17, 15) is 24.8 Å². The van der Waals surface area contributed by atoms with Gasteiger partial charge in [-0.3, -0.25) is 24.4 Å². The quantitative estimate of drug-likeness (QED) is 0.349. The summed E-state index contributed by atoms with van der Waals surface area (Å²) in [5, 5.41) is 27.1. The molecule has 3 aromatic rings. The topological polar surface area (TPSA) is 125 Å². The molecule has 4 heterocycles. The van der Waals surface area contributed by atoms with Gasteiger partial charge in [0.05, 0.1) is 29.7 Å². The highest BCUT2D eigenvalue weighted by Crippen LogP contribution is 2.34. The lowest BCUT2D eigenvalue weighted by Crippen LogP contribution is -2.48. The normalized spacial score (nSPS) is 18.3. The molecule has 0 aliphatic carbocycles. The van der Waals surface area contributed by atoms with E-state index in [1.807, 2.05) is 33.8 Å². The van der Waals surface area contributed by atoms with Crippen LogP contribution in [0.1, 0.15) is 36.6 Å². The zero-order valence-electron chi connectivity index (χ0n) is 23.1. The Balaban J connectivity index is 1.13. The fourth-order valence-corrected chi connectivity index (χ4v) is 6.48. The summed E-state index contributed by atoms with van der Waals surface area (Å²) < 4.78 is 1.85. The molecular weight excluding hydrogens is 524 g/mol. The maximum Gasteiger partial charge on any atom is 0.269 e. The average Bonchev–Trinajstić information content (AvgIpc) is 3.49. The van der Waals surface area contributed by atoms with E-state index in [1.54, 1.807) is 24.0 Å². The molecule has 1 aromatic heterocycles. The van der Waals surface area contributed by atoms with Crippen LogP contribution in [0.25, 0.3) is 11.3 Å². The molecule has 0 spiro atoms. The van der Waals surface area contributed by atoms with E-state index in [0.29, 0.717) is 44.7 Å². The van der Waals surface area contributed by atoms with E-state index in [0.717, 1.165) is 54.0 Å².